The van der Waals surface area contributed by atoms with E-state index in [0.717, 1.165) is 6.42 Å². The third-order valence-electron chi connectivity index (χ3n) is 7.45. The number of ketones is 1. The van der Waals surface area contributed by atoms with E-state index in [0.29, 0.717) is 12.0 Å². The molecule has 6 atom stereocenters. The van der Waals surface area contributed by atoms with Crippen LogP contribution in [-0.2, 0) is 19.1 Å². The number of allylic oxidation sites excluding steroid dienone is 1. The number of carbonyl (C=O) groups is 2. The van der Waals surface area contributed by atoms with Crippen LogP contribution in [-0.4, -0.2) is 35.4 Å². The largest absolute Gasteiger partial charge is 0.466 e. The van der Waals surface area contributed by atoms with Crippen molar-refractivity contribution >= 4 is 11.8 Å². The van der Waals surface area contributed by atoms with E-state index in [1.807, 2.05) is 33.8 Å². The third kappa shape index (κ3) is 1.93. The molecule has 1 heterocycles. The molecule has 1 saturated heterocycles. The van der Waals surface area contributed by atoms with Gasteiger partial charge in [0.2, 0.25) is 0 Å². The van der Waals surface area contributed by atoms with E-state index in [2.05, 4.69) is 6.08 Å². The highest BCUT2D eigenvalue weighted by Gasteiger charge is 2.77. The number of carbonyl (C=O) groups excluding carboxylic acids is 2. The number of esters is 1. The van der Waals surface area contributed by atoms with Crippen LogP contribution < -0.4 is 0 Å². The predicted octanol–water partition coefficient (Wildman–Crippen LogP) is 2.78. The molecule has 0 aromatic heterocycles. The van der Waals surface area contributed by atoms with Gasteiger partial charge in [-0.15, -0.1) is 0 Å². The van der Waals surface area contributed by atoms with Crippen LogP contribution in [0.15, 0.2) is 23.3 Å². The summed E-state index contributed by atoms with van der Waals surface area (Å²) in [5.41, 5.74) is -0.0237. The first-order valence-electron chi connectivity index (χ1n) is 9.52. The summed E-state index contributed by atoms with van der Waals surface area (Å²) < 4.78 is 11.5. The van der Waals surface area contributed by atoms with Gasteiger partial charge in [0, 0.05) is 35.7 Å². The Hall–Kier alpha value is -1.46. The maximum Gasteiger partial charge on any atom is 0.334 e. The van der Waals surface area contributed by atoms with Gasteiger partial charge >= 0.3 is 5.97 Å². The average Bonchev–Trinajstić information content (AvgIpc) is 2.72. The molecule has 1 aliphatic heterocycles. The summed E-state index contributed by atoms with van der Waals surface area (Å²) in [6.45, 7) is 7.94. The first-order valence-corrected chi connectivity index (χ1v) is 9.52. The topological polar surface area (TPSA) is 72.8 Å². The molecular formula is C21H28O5. The van der Waals surface area contributed by atoms with E-state index < -0.39 is 28.7 Å². The van der Waals surface area contributed by atoms with Crippen molar-refractivity contribution in [1.29, 1.82) is 0 Å². The third-order valence-corrected chi connectivity index (χ3v) is 7.45. The summed E-state index contributed by atoms with van der Waals surface area (Å²) in [4.78, 5) is 26.1. The van der Waals surface area contributed by atoms with Crippen LogP contribution in [0.1, 0.15) is 47.0 Å². The SMILES string of the molecule is COC(=O)C1=C[C@@]23CC(C)=CCC2[C@]2(C)[C@H]1C(=O)[C@@H](C(C)C)C[C@]2(O)O3. The fourth-order valence-corrected chi connectivity index (χ4v) is 6.17. The fraction of sp³-hybridized carbons (Fsp3) is 0.714. The van der Waals surface area contributed by atoms with Gasteiger partial charge in [0.1, 0.15) is 5.78 Å². The number of ether oxygens (including phenoxy) is 2. The Morgan fingerprint density at radius 1 is 1.42 bits per heavy atom. The smallest absolute Gasteiger partial charge is 0.334 e. The van der Waals surface area contributed by atoms with Crippen LogP contribution in [0.3, 0.4) is 0 Å². The second kappa shape index (κ2) is 5.29. The first kappa shape index (κ1) is 17.9. The minimum absolute atomic E-state index is 0.0285. The zero-order valence-corrected chi connectivity index (χ0v) is 16.2. The van der Waals surface area contributed by atoms with Crippen molar-refractivity contribution in [3.8, 4) is 0 Å². The van der Waals surface area contributed by atoms with Crippen molar-refractivity contribution in [2.45, 2.75) is 58.3 Å². The fourth-order valence-electron chi connectivity index (χ4n) is 6.17. The van der Waals surface area contributed by atoms with Gasteiger partial charge in [0.25, 0.3) is 0 Å². The Labute approximate surface area is 154 Å². The molecule has 5 heteroatoms. The predicted molar refractivity (Wildman–Crippen MR) is 94.9 cm³/mol. The van der Waals surface area contributed by atoms with E-state index in [-0.39, 0.29) is 30.0 Å². The molecule has 2 fully saturated rings. The second-order valence-corrected chi connectivity index (χ2v) is 9.12. The Kier molecular flexibility index (Phi) is 3.65. The molecule has 26 heavy (non-hydrogen) atoms. The number of Topliss-reactive ketones (excluding diaryl/α,β-unsaturated/α-hetero) is 1. The highest BCUT2D eigenvalue weighted by Crippen LogP contribution is 2.70. The minimum atomic E-state index is -1.42. The van der Waals surface area contributed by atoms with Crippen LogP contribution in [0.25, 0.3) is 0 Å². The Balaban J connectivity index is 1.96. The lowest BCUT2D eigenvalue weighted by Gasteiger charge is -2.54. The molecule has 5 nitrogen and oxygen atoms in total. The van der Waals surface area contributed by atoms with Gasteiger partial charge in [-0.2, -0.15) is 0 Å². The number of aliphatic hydroxyl groups is 1. The van der Waals surface area contributed by atoms with Gasteiger partial charge in [0.15, 0.2) is 5.79 Å². The van der Waals surface area contributed by atoms with Gasteiger partial charge in [0.05, 0.1) is 18.6 Å². The molecule has 3 aliphatic carbocycles. The quantitative estimate of drug-likeness (QED) is 0.605. The Morgan fingerprint density at radius 3 is 2.73 bits per heavy atom. The number of rotatable bonds is 2. The lowest BCUT2D eigenvalue weighted by molar-refractivity contribution is -0.271. The van der Waals surface area contributed by atoms with Crippen molar-refractivity contribution < 1.29 is 24.2 Å². The second-order valence-electron chi connectivity index (χ2n) is 9.12. The highest BCUT2D eigenvalue weighted by molar-refractivity contribution is 6.00. The molecule has 0 spiro atoms. The summed E-state index contributed by atoms with van der Waals surface area (Å²) in [7, 11) is 1.34. The molecule has 0 amide bonds. The van der Waals surface area contributed by atoms with E-state index in [1.165, 1.54) is 12.7 Å². The summed E-state index contributed by atoms with van der Waals surface area (Å²) >= 11 is 0. The maximum atomic E-state index is 13.4. The van der Waals surface area contributed by atoms with E-state index >= 15 is 0 Å². The molecule has 0 aromatic rings. The van der Waals surface area contributed by atoms with Crippen molar-refractivity contribution in [3.05, 3.63) is 23.3 Å². The monoisotopic (exact) mass is 360 g/mol. The summed E-state index contributed by atoms with van der Waals surface area (Å²) in [6.07, 6.45) is 5.65. The first-order chi connectivity index (χ1) is 12.1. The van der Waals surface area contributed by atoms with Crippen molar-refractivity contribution in [2.75, 3.05) is 7.11 Å². The summed E-state index contributed by atoms with van der Waals surface area (Å²) in [6, 6.07) is 0. The van der Waals surface area contributed by atoms with Crippen molar-refractivity contribution in [1.82, 2.24) is 0 Å². The van der Waals surface area contributed by atoms with Gasteiger partial charge < -0.3 is 14.6 Å². The highest BCUT2D eigenvalue weighted by atomic mass is 16.7. The number of hydrogen-bond acceptors (Lipinski definition) is 5. The molecule has 142 valence electrons. The van der Waals surface area contributed by atoms with Crippen LogP contribution in [0.2, 0.25) is 0 Å². The van der Waals surface area contributed by atoms with Crippen LogP contribution >= 0.6 is 0 Å². The molecule has 4 aliphatic rings. The average molecular weight is 360 g/mol. The van der Waals surface area contributed by atoms with E-state index in [9.17, 15) is 14.7 Å². The van der Waals surface area contributed by atoms with Crippen LogP contribution in [0.4, 0.5) is 0 Å². The van der Waals surface area contributed by atoms with Crippen LogP contribution in [0.5, 0.6) is 0 Å². The summed E-state index contributed by atoms with van der Waals surface area (Å²) in [5.74, 6) is -2.86. The minimum Gasteiger partial charge on any atom is -0.466 e. The molecule has 0 radical (unpaired) electrons. The molecule has 2 bridgehead atoms. The van der Waals surface area contributed by atoms with Crippen LogP contribution in [0, 0.1) is 29.1 Å². The molecule has 4 rings (SSSR count). The van der Waals surface area contributed by atoms with Crippen molar-refractivity contribution in [2.24, 2.45) is 29.1 Å². The normalized spacial score (nSPS) is 46.6. The van der Waals surface area contributed by atoms with Gasteiger partial charge in [-0.3, -0.25) is 4.79 Å². The number of methoxy groups -OCH3 is 1. The summed E-state index contributed by atoms with van der Waals surface area (Å²) in [5, 5.41) is 11.7. The molecule has 0 aromatic carbocycles. The lowest BCUT2D eigenvalue weighted by Crippen LogP contribution is -2.62. The molecular weight excluding hydrogens is 332 g/mol. The molecule has 1 N–H and O–H groups in total. The van der Waals surface area contributed by atoms with Gasteiger partial charge in [-0.05, 0) is 25.3 Å². The lowest BCUT2D eigenvalue weighted by atomic mass is 9.47. The standard InChI is InChI=1S/C21H28O5/c1-11(2)13-10-21(24)19(4)15-7-6-12(3)8-20(15,26-21)9-14(18(23)25-5)16(19)17(13)22/h6,9,11,13,15-16,24H,7-8,10H2,1-5H3/t13-,15?,16-,19-,20+,21+/m1/s1. The van der Waals surface area contributed by atoms with E-state index in [1.54, 1.807) is 0 Å². The van der Waals surface area contributed by atoms with Gasteiger partial charge in [-0.1, -0.05) is 32.4 Å². The zero-order valence-electron chi connectivity index (χ0n) is 16.2. The van der Waals surface area contributed by atoms with E-state index in [4.69, 9.17) is 9.47 Å². The maximum absolute atomic E-state index is 13.4. The van der Waals surface area contributed by atoms with Crippen molar-refractivity contribution in [3.63, 3.8) is 0 Å². The number of hydrogen-bond donors (Lipinski definition) is 1. The molecule has 1 unspecified atom stereocenters. The molecule has 1 saturated carbocycles. The Bertz CT molecular complexity index is 750. The Morgan fingerprint density at radius 2 is 2.12 bits per heavy atom. The zero-order chi connectivity index (χ0) is 19.1. The van der Waals surface area contributed by atoms with Gasteiger partial charge in [-0.25, -0.2) is 4.79 Å².